The number of hydrogen-bond acceptors (Lipinski definition) is 5. The van der Waals surface area contributed by atoms with Crippen LogP contribution in [-0.4, -0.2) is 14.3 Å². The summed E-state index contributed by atoms with van der Waals surface area (Å²) < 4.78 is 31.0. The minimum Gasteiger partial charge on any atom is -0.422 e. The number of benzene rings is 3. The second-order valence-electron chi connectivity index (χ2n) is 7.24. The van der Waals surface area contributed by atoms with Gasteiger partial charge in [0.05, 0.1) is 4.90 Å². The van der Waals surface area contributed by atoms with E-state index >= 15 is 0 Å². The van der Waals surface area contributed by atoms with E-state index in [2.05, 4.69) is 5.32 Å². The van der Waals surface area contributed by atoms with Crippen molar-refractivity contribution >= 4 is 32.4 Å². The predicted octanol–water partition coefficient (Wildman–Crippen LogP) is 4.49. The van der Waals surface area contributed by atoms with E-state index in [0.29, 0.717) is 16.6 Å². The maximum absolute atomic E-state index is 12.9. The summed E-state index contributed by atoms with van der Waals surface area (Å²) in [7, 11) is -4.06. The Morgan fingerprint density at radius 1 is 0.903 bits per heavy atom. The minimum absolute atomic E-state index is 0.00889. The fraction of sp³-hybridized carbons (Fsp3) is 0.0833. The predicted molar refractivity (Wildman–Crippen MR) is 118 cm³/mol. The van der Waals surface area contributed by atoms with Gasteiger partial charge in [-0.3, -0.25) is 4.79 Å². The Kier molecular flexibility index (Phi) is 5.20. The minimum atomic E-state index is -4.06. The van der Waals surface area contributed by atoms with E-state index in [9.17, 15) is 18.0 Å². The van der Waals surface area contributed by atoms with Gasteiger partial charge in [-0.05, 0) is 61.9 Å². The zero-order valence-electron chi connectivity index (χ0n) is 16.9. The van der Waals surface area contributed by atoms with Crippen molar-refractivity contribution in [3.63, 3.8) is 0 Å². The van der Waals surface area contributed by atoms with Crippen molar-refractivity contribution in [1.82, 2.24) is 0 Å². The number of anilines is 1. The average Bonchev–Trinajstić information content (AvgIpc) is 2.75. The maximum atomic E-state index is 12.9. The van der Waals surface area contributed by atoms with Gasteiger partial charge in [-0.15, -0.1) is 0 Å². The second-order valence-corrected chi connectivity index (χ2v) is 9.16. The number of sulfone groups is 1. The topological polar surface area (TPSA) is 93.4 Å². The van der Waals surface area contributed by atoms with Crippen LogP contribution in [0.5, 0.6) is 0 Å². The van der Waals surface area contributed by atoms with E-state index in [4.69, 9.17) is 4.42 Å². The molecule has 0 spiro atoms. The molecule has 0 unspecified atom stereocenters. The summed E-state index contributed by atoms with van der Waals surface area (Å²) in [6.45, 7) is 3.87. The maximum Gasteiger partial charge on any atom is 0.355 e. The smallest absolute Gasteiger partial charge is 0.355 e. The molecule has 1 aromatic heterocycles. The standard InChI is InChI=1S/C24H19NO5S/c1-15-8-10-20(16(2)12-15)25-23(26)17-9-11-21-18(13-17)14-22(24(27)30-21)31(28,29)19-6-4-3-5-7-19/h3-14H,1-2H3,(H,25,26). The molecule has 1 N–H and O–H groups in total. The van der Waals surface area contributed by atoms with Gasteiger partial charge in [-0.1, -0.05) is 35.9 Å². The van der Waals surface area contributed by atoms with Gasteiger partial charge < -0.3 is 9.73 Å². The second kappa shape index (κ2) is 7.85. The van der Waals surface area contributed by atoms with Crippen LogP contribution in [0.25, 0.3) is 11.0 Å². The number of amides is 1. The van der Waals surface area contributed by atoms with Gasteiger partial charge in [0.15, 0.2) is 4.90 Å². The zero-order chi connectivity index (χ0) is 22.2. The Balaban J connectivity index is 1.74. The van der Waals surface area contributed by atoms with Crippen LogP contribution in [-0.2, 0) is 9.84 Å². The van der Waals surface area contributed by atoms with Crippen LogP contribution in [0.4, 0.5) is 5.69 Å². The molecular weight excluding hydrogens is 414 g/mol. The molecule has 0 saturated heterocycles. The first-order chi connectivity index (χ1) is 14.8. The molecule has 0 atom stereocenters. The lowest BCUT2D eigenvalue weighted by molar-refractivity contribution is 0.102. The summed E-state index contributed by atoms with van der Waals surface area (Å²) in [5.41, 5.74) is 2.25. The molecule has 0 aliphatic heterocycles. The van der Waals surface area contributed by atoms with Gasteiger partial charge in [0, 0.05) is 16.6 Å². The number of carbonyl (C=O) groups excluding carboxylic acids is 1. The molecule has 6 nitrogen and oxygen atoms in total. The van der Waals surface area contributed by atoms with Gasteiger partial charge in [0.1, 0.15) is 5.58 Å². The fourth-order valence-corrected chi connectivity index (χ4v) is 4.62. The number of fused-ring (bicyclic) bond motifs is 1. The van der Waals surface area contributed by atoms with Crippen molar-refractivity contribution in [1.29, 1.82) is 0 Å². The monoisotopic (exact) mass is 433 g/mol. The summed E-state index contributed by atoms with van der Waals surface area (Å²) in [6.07, 6.45) is 0. The van der Waals surface area contributed by atoms with Gasteiger partial charge in [-0.2, -0.15) is 0 Å². The highest BCUT2D eigenvalue weighted by Crippen LogP contribution is 2.23. The van der Waals surface area contributed by atoms with E-state index < -0.39 is 20.4 Å². The summed E-state index contributed by atoms with van der Waals surface area (Å²) in [5, 5.41) is 3.19. The van der Waals surface area contributed by atoms with Crippen LogP contribution in [0.3, 0.4) is 0 Å². The van der Waals surface area contributed by atoms with Crippen molar-refractivity contribution in [2.75, 3.05) is 5.32 Å². The van der Waals surface area contributed by atoms with Crippen LogP contribution in [0.1, 0.15) is 21.5 Å². The fourth-order valence-electron chi connectivity index (χ4n) is 3.31. The first-order valence-corrected chi connectivity index (χ1v) is 11.0. The van der Waals surface area contributed by atoms with E-state index in [-0.39, 0.29) is 16.4 Å². The molecule has 0 aliphatic rings. The van der Waals surface area contributed by atoms with Gasteiger partial charge in [0.25, 0.3) is 5.91 Å². The van der Waals surface area contributed by atoms with Gasteiger partial charge in [0.2, 0.25) is 9.84 Å². The Bertz CT molecular complexity index is 1470. The molecule has 156 valence electrons. The Labute approximate surface area is 179 Å². The lowest BCUT2D eigenvalue weighted by Crippen LogP contribution is -2.15. The lowest BCUT2D eigenvalue weighted by atomic mass is 10.1. The Hall–Kier alpha value is -3.71. The van der Waals surface area contributed by atoms with Crippen LogP contribution >= 0.6 is 0 Å². The van der Waals surface area contributed by atoms with E-state index in [1.807, 2.05) is 32.0 Å². The third kappa shape index (κ3) is 4.00. The summed E-state index contributed by atoms with van der Waals surface area (Å²) in [5.74, 6) is -0.354. The van der Waals surface area contributed by atoms with Crippen LogP contribution in [0.15, 0.2) is 91.8 Å². The molecule has 3 aromatic carbocycles. The number of rotatable bonds is 4. The Morgan fingerprint density at radius 2 is 1.65 bits per heavy atom. The molecule has 0 radical (unpaired) electrons. The van der Waals surface area contributed by atoms with Gasteiger partial charge in [-0.25, -0.2) is 13.2 Å². The molecule has 1 heterocycles. The molecule has 1 amide bonds. The van der Waals surface area contributed by atoms with Crippen LogP contribution in [0, 0.1) is 13.8 Å². The highest BCUT2D eigenvalue weighted by molar-refractivity contribution is 7.91. The molecule has 31 heavy (non-hydrogen) atoms. The average molecular weight is 433 g/mol. The quantitative estimate of drug-likeness (QED) is 0.479. The third-order valence-corrected chi connectivity index (χ3v) is 6.69. The van der Waals surface area contributed by atoms with E-state index in [1.165, 1.54) is 36.4 Å². The van der Waals surface area contributed by atoms with Crippen molar-refractivity contribution in [3.8, 4) is 0 Å². The highest BCUT2D eigenvalue weighted by atomic mass is 32.2. The SMILES string of the molecule is Cc1ccc(NC(=O)c2ccc3oc(=O)c(S(=O)(=O)c4ccccc4)cc3c2)c(C)c1. The van der Waals surface area contributed by atoms with E-state index in [1.54, 1.807) is 18.2 Å². The number of hydrogen-bond donors (Lipinski definition) is 1. The molecule has 0 saturated carbocycles. The highest BCUT2D eigenvalue weighted by Gasteiger charge is 2.23. The van der Waals surface area contributed by atoms with Crippen molar-refractivity contribution < 1.29 is 17.6 Å². The van der Waals surface area contributed by atoms with Gasteiger partial charge >= 0.3 is 5.63 Å². The summed E-state index contributed by atoms with van der Waals surface area (Å²) >= 11 is 0. The molecule has 4 rings (SSSR count). The van der Waals surface area contributed by atoms with Crippen LogP contribution in [0.2, 0.25) is 0 Å². The summed E-state index contributed by atoms with van der Waals surface area (Å²) in [4.78, 5) is 24.6. The third-order valence-electron chi connectivity index (χ3n) is 4.94. The molecular formula is C24H19NO5S. The Morgan fingerprint density at radius 3 is 2.35 bits per heavy atom. The normalized spacial score (nSPS) is 11.4. The molecule has 0 bridgehead atoms. The first kappa shape index (κ1) is 20.6. The van der Waals surface area contributed by atoms with Crippen molar-refractivity contribution in [2.24, 2.45) is 0 Å². The molecule has 0 aliphatic carbocycles. The van der Waals surface area contributed by atoms with E-state index in [0.717, 1.165) is 11.1 Å². The molecule has 4 aromatic rings. The van der Waals surface area contributed by atoms with Crippen molar-refractivity contribution in [2.45, 2.75) is 23.6 Å². The zero-order valence-corrected chi connectivity index (χ0v) is 17.7. The lowest BCUT2D eigenvalue weighted by Gasteiger charge is -2.10. The van der Waals surface area contributed by atoms with Crippen LogP contribution < -0.4 is 10.9 Å². The van der Waals surface area contributed by atoms with Crippen molar-refractivity contribution in [3.05, 3.63) is 99.9 Å². The molecule has 7 heteroatoms. The summed E-state index contributed by atoms with van der Waals surface area (Å²) in [6, 6.07) is 19.1. The molecule has 0 fully saturated rings. The number of nitrogens with one attached hydrogen (secondary N) is 1. The largest absolute Gasteiger partial charge is 0.422 e. The number of carbonyl (C=O) groups is 1. The first-order valence-electron chi connectivity index (χ1n) is 9.52. The number of aryl methyl sites for hydroxylation is 2.